The lowest BCUT2D eigenvalue weighted by molar-refractivity contribution is -0.141. The number of aliphatic imine (C=N–C) groups is 1. The molecule has 0 spiro atoms. The van der Waals surface area contributed by atoms with Gasteiger partial charge >= 0.3 is 5.97 Å². The Bertz CT molecular complexity index is 739. The molecule has 0 bridgehead atoms. The Labute approximate surface area is 134 Å². The molecular weight excluding hydrogens is 298 g/mol. The van der Waals surface area contributed by atoms with Gasteiger partial charge < -0.3 is 19.3 Å². The zero-order valence-electron chi connectivity index (χ0n) is 13.3. The van der Waals surface area contributed by atoms with Gasteiger partial charge in [-0.25, -0.2) is 0 Å². The van der Waals surface area contributed by atoms with Crippen LogP contribution >= 0.6 is 0 Å². The molecule has 0 radical (unpaired) electrons. The van der Waals surface area contributed by atoms with E-state index >= 15 is 0 Å². The zero-order valence-corrected chi connectivity index (χ0v) is 13.3. The van der Waals surface area contributed by atoms with Crippen molar-refractivity contribution in [3.63, 3.8) is 0 Å². The second-order valence-electron chi connectivity index (χ2n) is 4.65. The first kappa shape index (κ1) is 16.6. The molecule has 0 unspecified atom stereocenters. The average molecular weight is 317 g/mol. The fourth-order valence-corrected chi connectivity index (χ4v) is 2.34. The predicted octanol–water partition coefficient (Wildman–Crippen LogP) is 2.54. The van der Waals surface area contributed by atoms with Gasteiger partial charge in [0.15, 0.2) is 11.5 Å². The summed E-state index contributed by atoms with van der Waals surface area (Å²) in [5, 5.41) is 12.0. The summed E-state index contributed by atoms with van der Waals surface area (Å²) in [6, 6.07) is 7.40. The first-order valence-corrected chi connectivity index (χ1v) is 7.15. The molecule has 0 saturated heterocycles. The van der Waals surface area contributed by atoms with Crippen LogP contribution < -0.4 is 9.47 Å². The van der Waals surface area contributed by atoms with Gasteiger partial charge in [-0.1, -0.05) is 24.3 Å². The summed E-state index contributed by atoms with van der Waals surface area (Å²) in [7, 11) is 2.96. The summed E-state index contributed by atoms with van der Waals surface area (Å²) < 4.78 is 15.4. The number of carbonyl (C=O) groups excluding carboxylic acids is 1. The van der Waals surface area contributed by atoms with E-state index in [1.807, 2.05) is 24.3 Å². The van der Waals surface area contributed by atoms with Crippen LogP contribution in [0.15, 0.2) is 29.3 Å². The molecule has 6 nitrogen and oxygen atoms in total. The smallest absolute Gasteiger partial charge is 0.327 e. The maximum Gasteiger partial charge on any atom is 0.327 e. The highest BCUT2D eigenvalue weighted by atomic mass is 16.5. The topological polar surface area (TPSA) is 77.4 Å². The number of aromatic hydroxyl groups is 1. The van der Waals surface area contributed by atoms with E-state index in [1.54, 1.807) is 6.92 Å². The van der Waals surface area contributed by atoms with E-state index in [4.69, 9.17) is 14.2 Å². The monoisotopic (exact) mass is 317 g/mol. The number of fused-ring (bicyclic) bond motifs is 1. The lowest BCUT2D eigenvalue weighted by Gasteiger charge is -2.15. The number of nitrogens with zero attached hydrogens (tertiary/aromatic N) is 1. The molecule has 0 aromatic heterocycles. The van der Waals surface area contributed by atoms with Crippen LogP contribution in [0.25, 0.3) is 10.8 Å². The molecule has 6 heteroatoms. The van der Waals surface area contributed by atoms with Gasteiger partial charge in [0, 0.05) is 17.2 Å². The van der Waals surface area contributed by atoms with Crippen LogP contribution in [0.4, 0.5) is 0 Å². The second-order valence-corrected chi connectivity index (χ2v) is 4.65. The normalized spacial score (nSPS) is 10.9. The zero-order chi connectivity index (χ0) is 16.8. The van der Waals surface area contributed by atoms with E-state index in [0.717, 1.165) is 10.8 Å². The maximum atomic E-state index is 11.4. The molecule has 0 aliphatic rings. The van der Waals surface area contributed by atoms with Gasteiger partial charge in [-0.3, -0.25) is 9.79 Å². The number of hydrogen-bond acceptors (Lipinski definition) is 6. The maximum absolute atomic E-state index is 11.4. The minimum Gasteiger partial charge on any atom is -0.504 e. The summed E-state index contributed by atoms with van der Waals surface area (Å²) in [6.45, 7) is 1.92. The molecule has 2 aromatic carbocycles. The third kappa shape index (κ3) is 3.36. The van der Waals surface area contributed by atoms with Gasteiger partial charge in [-0.05, 0) is 12.3 Å². The Morgan fingerprint density at radius 1 is 1.17 bits per heavy atom. The average Bonchev–Trinajstić information content (AvgIpc) is 2.56. The Morgan fingerprint density at radius 3 is 2.43 bits per heavy atom. The molecule has 1 N–H and O–H groups in total. The predicted molar refractivity (Wildman–Crippen MR) is 87.8 cm³/mol. The highest BCUT2D eigenvalue weighted by Gasteiger charge is 2.19. The standard InChI is InChI=1S/C17H19NO5/c1-4-23-14(19)10-18-9-13-11-7-5-6-8-12(11)16(21-2)17(22-3)15(13)20/h5-9,20H,4,10H2,1-3H3. The van der Waals surface area contributed by atoms with Crippen molar-refractivity contribution >= 4 is 23.0 Å². The molecule has 0 atom stereocenters. The van der Waals surface area contributed by atoms with Crippen molar-refractivity contribution in [1.29, 1.82) is 0 Å². The van der Waals surface area contributed by atoms with Gasteiger partial charge in [-0.2, -0.15) is 0 Å². The number of phenolic OH excluding ortho intramolecular Hbond substituents is 1. The summed E-state index contributed by atoms with van der Waals surface area (Å²) >= 11 is 0. The number of hydrogen-bond donors (Lipinski definition) is 1. The summed E-state index contributed by atoms with van der Waals surface area (Å²) in [6.07, 6.45) is 1.44. The van der Waals surface area contributed by atoms with Crippen molar-refractivity contribution in [2.24, 2.45) is 4.99 Å². The number of rotatable bonds is 6. The second kappa shape index (κ2) is 7.49. The summed E-state index contributed by atoms with van der Waals surface area (Å²) in [5.74, 6) is 0.163. The molecule has 0 aliphatic heterocycles. The quantitative estimate of drug-likeness (QED) is 0.654. The molecule has 0 amide bonds. The minimum atomic E-state index is -0.423. The Morgan fingerprint density at radius 2 is 1.83 bits per heavy atom. The minimum absolute atomic E-state index is 0.0874. The van der Waals surface area contributed by atoms with Crippen LogP contribution in [-0.2, 0) is 9.53 Å². The van der Waals surface area contributed by atoms with Crippen molar-refractivity contribution in [3.8, 4) is 17.2 Å². The van der Waals surface area contributed by atoms with Crippen molar-refractivity contribution in [1.82, 2.24) is 0 Å². The fraction of sp³-hybridized carbons (Fsp3) is 0.294. The molecule has 0 heterocycles. The Kier molecular flexibility index (Phi) is 5.41. The van der Waals surface area contributed by atoms with E-state index in [2.05, 4.69) is 4.99 Å². The molecule has 23 heavy (non-hydrogen) atoms. The highest BCUT2D eigenvalue weighted by Crippen LogP contribution is 2.45. The molecule has 0 saturated carbocycles. The summed E-state index contributed by atoms with van der Waals surface area (Å²) in [5.41, 5.74) is 0.461. The number of esters is 1. The van der Waals surface area contributed by atoms with Gasteiger partial charge in [0.25, 0.3) is 0 Å². The third-order valence-electron chi connectivity index (χ3n) is 3.29. The van der Waals surface area contributed by atoms with Crippen LogP contribution in [0.1, 0.15) is 12.5 Å². The molecule has 0 aliphatic carbocycles. The molecule has 2 aromatic rings. The van der Waals surface area contributed by atoms with E-state index in [0.29, 0.717) is 17.9 Å². The third-order valence-corrected chi connectivity index (χ3v) is 3.29. The van der Waals surface area contributed by atoms with Crippen molar-refractivity contribution < 1.29 is 24.1 Å². The van der Waals surface area contributed by atoms with E-state index in [-0.39, 0.29) is 18.0 Å². The molecule has 122 valence electrons. The van der Waals surface area contributed by atoms with Crippen molar-refractivity contribution in [3.05, 3.63) is 29.8 Å². The largest absolute Gasteiger partial charge is 0.504 e. The Hall–Kier alpha value is -2.76. The van der Waals surface area contributed by atoms with Crippen LogP contribution in [-0.4, -0.2) is 44.7 Å². The van der Waals surface area contributed by atoms with Gasteiger partial charge in [0.05, 0.1) is 20.8 Å². The van der Waals surface area contributed by atoms with Gasteiger partial charge in [0.2, 0.25) is 5.75 Å². The highest BCUT2D eigenvalue weighted by molar-refractivity contribution is 6.07. The van der Waals surface area contributed by atoms with E-state index < -0.39 is 5.97 Å². The van der Waals surface area contributed by atoms with Gasteiger partial charge in [0.1, 0.15) is 6.54 Å². The lowest BCUT2D eigenvalue weighted by Crippen LogP contribution is -2.07. The van der Waals surface area contributed by atoms with Crippen LogP contribution in [0.2, 0.25) is 0 Å². The number of methoxy groups -OCH3 is 2. The van der Waals surface area contributed by atoms with Crippen LogP contribution in [0.3, 0.4) is 0 Å². The number of ether oxygens (including phenoxy) is 3. The van der Waals surface area contributed by atoms with E-state index in [9.17, 15) is 9.90 Å². The van der Waals surface area contributed by atoms with E-state index in [1.165, 1.54) is 20.4 Å². The SMILES string of the molecule is CCOC(=O)CN=Cc1c(O)c(OC)c(OC)c2ccccc12. The fourth-order valence-electron chi connectivity index (χ4n) is 2.34. The number of carbonyl (C=O) groups is 1. The first-order chi connectivity index (χ1) is 11.1. The van der Waals surface area contributed by atoms with Crippen molar-refractivity contribution in [2.45, 2.75) is 6.92 Å². The first-order valence-electron chi connectivity index (χ1n) is 7.15. The molecule has 2 rings (SSSR count). The summed E-state index contributed by atoms with van der Waals surface area (Å²) in [4.78, 5) is 15.4. The van der Waals surface area contributed by atoms with Crippen LogP contribution in [0.5, 0.6) is 17.2 Å². The number of benzene rings is 2. The van der Waals surface area contributed by atoms with Crippen molar-refractivity contribution in [2.75, 3.05) is 27.4 Å². The molecule has 0 fully saturated rings. The lowest BCUT2D eigenvalue weighted by atomic mass is 10.0. The Balaban J connectivity index is 2.52. The van der Waals surface area contributed by atoms with Gasteiger partial charge in [-0.15, -0.1) is 0 Å². The molecular formula is C17H19NO5. The number of phenols is 1. The van der Waals surface area contributed by atoms with Crippen LogP contribution in [0, 0.1) is 0 Å².